The van der Waals surface area contributed by atoms with Gasteiger partial charge in [-0.25, -0.2) is 14.4 Å². The van der Waals surface area contributed by atoms with E-state index in [2.05, 4.69) is 20.6 Å². The van der Waals surface area contributed by atoms with Gasteiger partial charge < -0.3 is 24.8 Å². The average Bonchev–Trinajstić information content (AvgIpc) is 3.82. The number of rotatable bonds is 16. The Kier molecular flexibility index (Phi) is 11.8. The van der Waals surface area contributed by atoms with Gasteiger partial charge >= 0.3 is 11.9 Å². The fraction of sp³-hybridized carbons (Fsp3) is 0.387. The van der Waals surface area contributed by atoms with Gasteiger partial charge in [0.2, 0.25) is 11.9 Å². The zero-order valence-electron chi connectivity index (χ0n) is 24.6. The fourth-order valence-corrected chi connectivity index (χ4v) is 4.30. The van der Waals surface area contributed by atoms with E-state index < -0.39 is 17.7 Å². The molecule has 1 fully saturated rings. The standard InChI is InChI=1S/C31H35ClFN5O6/c1-3-42-29(40)11-13-38(18-30(41)43-4-2)12-5-6-28(39)36-26-14-21-17-34-31(35-22-9-10-24(33)23(32)15-22)37-25(21)16-27(26)44-19-20-7-8-20/h5-6,9-10,14-17,20H,3-4,7-8,11-13,18-19H2,1-2H3,(H,36,39)(H,34,35,37). The highest BCUT2D eigenvalue weighted by molar-refractivity contribution is 6.31. The minimum Gasteiger partial charge on any atom is -0.491 e. The molecule has 1 heterocycles. The highest BCUT2D eigenvalue weighted by atomic mass is 35.5. The SMILES string of the molecule is CCOC(=O)CCN(CC=CC(=O)Nc1cc2cnc(Nc3ccc(F)c(Cl)c3)nc2cc1OCC1CC1)CC(=O)OCC. The Morgan fingerprint density at radius 1 is 1.11 bits per heavy atom. The molecule has 2 N–H and O–H groups in total. The molecule has 4 rings (SSSR count). The number of benzene rings is 2. The summed E-state index contributed by atoms with van der Waals surface area (Å²) in [7, 11) is 0. The van der Waals surface area contributed by atoms with E-state index in [9.17, 15) is 18.8 Å². The molecular weight excluding hydrogens is 593 g/mol. The van der Waals surface area contributed by atoms with Gasteiger partial charge in [0.15, 0.2) is 0 Å². The van der Waals surface area contributed by atoms with Gasteiger partial charge in [-0.2, -0.15) is 0 Å². The van der Waals surface area contributed by atoms with Crippen molar-refractivity contribution in [3.8, 4) is 5.75 Å². The van der Waals surface area contributed by atoms with Gasteiger partial charge in [-0.15, -0.1) is 0 Å². The van der Waals surface area contributed by atoms with Crippen LogP contribution in [0.1, 0.15) is 33.1 Å². The summed E-state index contributed by atoms with van der Waals surface area (Å²) in [5.41, 5.74) is 1.55. The number of esters is 2. The third-order valence-corrected chi connectivity index (χ3v) is 6.80. The molecule has 13 heteroatoms. The Morgan fingerprint density at radius 3 is 2.61 bits per heavy atom. The molecule has 0 saturated heterocycles. The molecular formula is C31H35ClFN5O6. The summed E-state index contributed by atoms with van der Waals surface area (Å²) in [6.45, 7) is 4.93. The van der Waals surface area contributed by atoms with Gasteiger partial charge in [0, 0.05) is 42.5 Å². The second-order valence-corrected chi connectivity index (χ2v) is 10.5. The van der Waals surface area contributed by atoms with Gasteiger partial charge in [0.1, 0.15) is 11.6 Å². The van der Waals surface area contributed by atoms with Crippen molar-refractivity contribution in [3.63, 3.8) is 0 Å². The molecule has 0 atom stereocenters. The maximum absolute atomic E-state index is 13.5. The Morgan fingerprint density at radius 2 is 1.89 bits per heavy atom. The van der Waals surface area contributed by atoms with E-state index in [-0.39, 0.29) is 56.2 Å². The number of aromatic nitrogens is 2. The Balaban J connectivity index is 1.45. The summed E-state index contributed by atoms with van der Waals surface area (Å²) >= 11 is 5.89. The van der Waals surface area contributed by atoms with Gasteiger partial charge in [0.25, 0.3) is 0 Å². The van der Waals surface area contributed by atoms with Crippen LogP contribution in [-0.2, 0) is 23.9 Å². The molecule has 1 aromatic heterocycles. The highest BCUT2D eigenvalue weighted by Crippen LogP contribution is 2.34. The van der Waals surface area contributed by atoms with Gasteiger partial charge in [-0.1, -0.05) is 17.7 Å². The third kappa shape index (κ3) is 10.2. The molecule has 0 spiro atoms. The second-order valence-electron chi connectivity index (χ2n) is 10.1. The maximum atomic E-state index is 13.5. The van der Waals surface area contributed by atoms with Crippen molar-refractivity contribution in [2.45, 2.75) is 33.1 Å². The number of nitrogens with one attached hydrogen (secondary N) is 2. The first-order chi connectivity index (χ1) is 21.2. The van der Waals surface area contributed by atoms with E-state index >= 15 is 0 Å². The predicted molar refractivity (Wildman–Crippen MR) is 165 cm³/mol. The Bertz CT molecular complexity index is 1520. The van der Waals surface area contributed by atoms with Crippen LogP contribution >= 0.6 is 11.6 Å². The summed E-state index contributed by atoms with van der Waals surface area (Å²) < 4.78 is 29.6. The topological polar surface area (TPSA) is 132 Å². The molecule has 1 amide bonds. The molecule has 0 radical (unpaired) electrons. The number of hydrogen-bond acceptors (Lipinski definition) is 10. The largest absolute Gasteiger partial charge is 0.491 e. The lowest BCUT2D eigenvalue weighted by molar-refractivity contribution is -0.147. The molecule has 44 heavy (non-hydrogen) atoms. The van der Waals surface area contributed by atoms with E-state index in [0.717, 1.165) is 12.8 Å². The monoisotopic (exact) mass is 627 g/mol. The van der Waals surface area contributed by atoms with Crippen LogP contribution in [0.2, 0.25) is 5.02 Å². The minimum atomic E-state index is -0.526. The first-order valence-corrected chi connectivity index (χ1v) is 14.8. The first kappa shape index (κ1) is 32.6. The molecule has 3 aromatic rings. The molecule has 1 saturated carbocycles. The number of halogens is 2. The number of fused-ring (bicyclic) bond motifs is 1. The summed E-state index contributed by atoms with van der Waals surface area (Å²) in [4.78, 5) is 47.3. The molecule has 0 bridgehead atoms. The quantitative estimate of drug-likeness (QED) is 0.160. The molecule has 0 unspecified atom stereocenters. The van der Waals surface area contributed by atoms with Crippen molar-refractivity contribution in [1.29, 1.82) is 0 Å². The Hall–Kier alpha value is -4.29. The van der Waals surface area contributed by atoms with Crippen molar-refractivity contribution < 1.29 is 33.0 Å². The van der Waals surface area contributed by atoms with Crippen molar-refractivity contribution in [1.82, 2.24) is 14.9 Å². The average molecular weight is 628 g/mol. The van der Waals surface area contributed by atoms with Gasteiger partial charge in [-0.05, 0) is 56.9 Å². The van der Waals surface area contributed by atoms with E-state index in [1.54, 1.807) is 43.2 Å². The van der Waals surface area contributed by atoms with E-state index in [0.29, 0.717) is 40.6 Å². The van der Waals surface area contributed by atoms with Crippen LogP contribution in [-0.4, -0.2) is 72.2 Å². The van der Waals surface area contributed by atoms with Crippen molar-refractivity contribution >= 4 is 57.7 Å². The van der Waals surface area contributed by atoms with E-state index in [1.165, 1.54) is 24.3 Å². The number of carbonyl (C=O) groups is 3. The smallest absolute Gasteiger partial charge is 0.320 e. The molecule has 1 aliphatic rings. The maximum Gasteiger partial charge on any atom is 0.320 e. The number of amides is 1. The van der Waals surface area contributed by atoms with E-state index in [1.807, 2.05) is 0 Å². The van der Waals surface area contributed by atoms with Crippen LogP contribution in [0.3, 0.4) is 0 Å². The normalized spacial score (nSPS) is 12.8. The van der Waals surface area contributed by atoms with E-state index in [4.69, 9.17) is 25.8 Å². The zero-order chi connectivity index (χ0) is 31.5. The van der Waals surface area contributed by atoms with Crippen molar-refractivity contribution in [2.24, 2.45) is 5.92 Å². The summed E-state index contributed by atoms with van der Waals surface area (Å²) in [6, 6.07) is 7.69. The predicted octanol–water partition coefficient (Wildman–Crippen LogP) is 5.27. The minimum absolute atomic E-state index is 0.0237. The van der Waals surface area contributed by atoms with Crippen molar-refractivity contribution in [2.75, 3.05) is 50.1 Å². The first-order valence-electron chi connectivity index (χ1n) is 14.4. The van der Waals surface area contributed by atoms with Gasteiger partial charge in [0.05, 0.1) is 49.0 Å². The number of anilines is 3. The van der Waals surface area contributed by atoms with Crippen LogP contribution < -0.4 is 15.4 Å². The second kappa shape index (κ2) is 16.0. The third-order valence-electron chi connectivity index (χ3n) is 6.51. The number of hydrogen-bond donors (Lipinski definition) is 2. The molecule has 234 valence electrons. The zero-order valence-corrected chi connectivity index (χ0v) is 25.4. The lowest BCUT2D eigenvalue weighted by Crippen LogP contribution is -2.33. The molecule has 0 aliphatic heterocycles. The lowest BCUT2D eigenvalue weighted by Gasteiger charge is -2.19. The van der Waals surface area contributed by atoms with Crippen LogP contribution in [0.15, 0.2) is 48.7 Å². The van der Waals surface area contributed by atoms with Crippen LogP contribution in [0.25, 0.3) is 10.9 Å². The number of nitrogens with zero attached hydrogens (tertiary/aromatic N) is 3. The Labute approximate surface area is 259 Å². The van der Waals surface area contributed by atoms with Crippen LogP contribution in [0, 0.1) is 11.7 Å². The summed E-state index contributed by atoms with van der Waals surface area (Å²) in [5, 5.41) is 6.50. The summed E-state index contributed by atoms with van der Waals surface area (Å²) in [5.74, 6) is -0.520. The molecule has 11 nitrogen and oxygen atoms in total. The molecule has 1 aliphatic carbocycles. The highest BCUT2D eigenvalue weighted by Gasteiger charge is 2.23. The van der Waals surface area contributed by atoms with Gasteiger partial charge in [-0.3, -0.25) is 19.3 Å². The number of ether oxygens (including phenoxy) is 3. The fourth-order valence-electron chi connectivity index (χ4n) is 4.12. The van der Waals surface area contributed by atoms with Crippen LogP contribution in [0.5, 0.6) is 5.75 Å². The van der Waals surface area contributed by atoms with Crippen molar-refractivity contribution in [3.05, 3.63) is 59.5 Å². The molecule has 2 aromatic carbocycles. The summed E-state index contributed by atoms with van der Waals surface area (Å²) in [6.07, 6.45) is 6.84. The number of carbonyl (C=O) groups excluding carboxylic acids is 3. The van der Waals surface area contributed by atoms with Crippen LogP contribution in [0.4, 0.5) is 21.7 Å². The lowest BCUT2D eigenvalue weighted by atomic mass is 10.2.